The largest absolute Gasteiger partial charge is 0.481 e. The highest BCUT2D eigenvalue weighted by molar-refractivity contribution is 6.36. The molecule has 1 N–H and O–H groups in total. The van der Waals surface area contributed by atoms with Crippen molar-refractivity contribution in [1.29, 1.82) is 5.26 Å². The number of benzene rings is 3. The molecule has 1 aliphatic heterocycles. The van der Waals surface area contributed by atoms with Gasteiger partial charge in [-0.2, -0.15) is 5.26 Å². The molecule has 180 valence electrons. The molecule has 2 heterocycles. The fraction of sp³-hybridized carbons (Fsp3) is 0.222. The zero-order valence-electron chi connectivity index (χ0n) is 18.8. The molecular weight excluding hydrogens is 488 g/mol. The lowest BCUT2D eigenvalue weighted by Gasteiger charge is -2.41. The summed E-state index contributed by atoms with van der Waals surface area (Å²) in [5, 5.41) is 19.4. The summed E-state index contributed by atoms with van der Waals surface area (Å²) in [6.07, 6.45) is 1.48. The SMILES string of the molecule is N#Cc1c2c(cc3nc(-c4cccc(-c5ccc(F)cc5F)c4Cl)oc13)[C@@H](N1CC(C(=O)O)C1)CC2. The molecule has 1 aliphatic carbocycles. The molecule has 0 saturated carbocycles. The number of fused-ring (bicyclic) bond motifs is 2. The molecule has 0 radical (unpaired) electrons. The number of oxazole rings is 1. The van der Waals surface area contributed by atoms with Crippen molar-refractivity contribution >= 4 is 28.7 Å². The molecule has 1 fully saturated rings. The van der Waals surface area contributed by atoms with Crippen molar-refractivity contribution in [2.45, 2.75) is 18.9 Å². The van der Waals surface area contributed by atoms with Crippen LogP contribution in [0.5, 0.6) is 0 Å². The summed E-state index contributed by atoms with van der Waals surface area (Å²) < 4.78 is 33.9. The van der Waals surface area contributed by atoms with Crippen LogP contribution in [0.25, 0.3) is 33.7 Å². The molecule has 9 heteroatoms. The number of nitrogens with zero attached hydrogens (tertiary/aromatic N) is 3. The molecule has 36 heavy (non-hydrogen) atoms. The zero-order valence-corrected chi connectivity index (χ0v) is 19.5. The van der Waals surface area contributed by atoms with E-state index in [0.717, 1.165) is 29.7 Å². The van der Waals surface area contributed by atoms with Crippen LogP contribution in [-0.2, 0) is 11.2 Å². The Labute approximate surface area is 209 Å². The minimum Gasteiger partial charge on any atom is -0.481 e. The van der Waals surface area contributed by atoms with Gasteiger partial charge in [0.15, 0.2) is 5.58 Å². The van der Waals surface area contributed by atoms with Crippen molar-refractivity contribution in [2.75, 3.05) is 13.1 Å². The number of carbonyl (C=O) groups is 1. The summed E-state index contributed by atoms with van der Waals surface area (Å²) in [5.41, 5.74) is 4.06. The number of hydrogen-bond acceptors (Lipinski definition) is 5. The summed E-state index contributed by atoms with van der Waals surface area (Å²) in [7, 11) is 0. The Morgan fingerprint density at radius 2 is 1.94 bits per heavy atom. The van der Waals surface area contributed by atoms with Crippen molar-refractivity contribution in [1.82, 2.24) is 9.88 Å². The third-order valence-corrected chi connectivity index (χ3v) is 7.52. The van der Waals surface area contributed by atoms with Gasteiger partial charge in [-0.05, 0) is 48.2 Å². The summed E-state index contributed by atoms with van der Waals surface area (Å²) in [4.78, 5) is 18.0. The van der Waals surface area contributed by atoms with Crippen LogP contribution in [0.4, 0.5) is 8.78 Å². The quantitative estimate of drug-likeness (QED) is 0.367. The highest BCUT2D eigenvalue weighted by Gasteiger charge is 2.40. The van der Waals surface area contributed by atoms with Crippen LogP contribution in [0.1, 0.15) is 29.2 Å². The van der Waals surface area contributed by atoms with E-state index in [-0.39, 0.29) is 28.4 Å². The van der Waals surface area contributed by atoms with Crippen molar-refractivity contribution < 1.29 is 23.1 Å². The lowest BCUT2D eigenvalue weighted by molar-refractivity contribution is -0.148. The van der Waals surface area contributed by atoms with E-state index in [4.69, 9.17) is 16.0 Å². The zero-order chi connectivity index (χ0) is 25.1. The molecule has 6 rings (SSSR count). The highest BCUT2D eigenvalue weighted by Crippen LogP contribution is 2.44. The van der Waals surface area contributed by atoms with Crippen LogP contribution in [-0.4, -0.2) is 34.0 Å². The average molecular weight is 506 g/mol. The van der Waals surface area contributed by atoms with Crippen molar-refractivity contribution in [3.05, 3.63) is 75.8 Å². The Hall–Kier alpha value is -3.80. The number of halogens is 3. The number of rotatable bonds is 4. The fourth-order valence-electron chi connectivity index (χ4n) is 5.28. The second-order valence-electron chi connectivity index (χ2n) is 9.13. The molecule has 6 nitrogen and oxygen atoms in total. The second kappa shape index (κ2) is 8.40. The van der Waals surface area contributed by atoms with E-state index in [9.17, 15) is 23.9 Å². The van der Waals surface area contributed by atoms with Gasteiger partial charge in [0.05, 0.1) is 16.5 Å². The van der Waals surface area contributed by atoms with E-state index < -0.39 is 17.6 Å². The first-order chi connectivity index (χ1) is 17.4. The van der Waals surface area contributed by atoms with Crippen molar-refractivity contribution in [2.24, 2.45) is 5.92 Å². The minimum absolute atomic E-state index is 0.0283. The molecule has 0 bridgehead atoms. The molecule has 4 aromatic rings. The van der Waals surface area contributed by atoms with Gasteiger partial charge in [0.1, 0.15) is 28.8 Å². The lowest BCUT2D eigenvalue weighted by atomic mass is 9.94. The van der Waals surface area contributed by atoms with Gasteiger partial charge >= 0.3 is 5.97 Å². The number of aliphatic carboxylic acids is 1. The normalized spacial score (nSPS) is 17.7. The number of likely N-dealkylation sites (tertiary alicyclic amines) is 1. The molecular formula is C27H18ClF2N3O3. The Balaban J connectivity index is 1.42. The number of carboxylic acid groups (broad SMARTS) is 1. The third-order valence-electron chi connectivity index (χ3n) is 7.11. The first-order valence-electron chi connectivity index (χ1n) is 11.4. The summed E-state index contributed by atoms with van der Waals surface area (Å²) in [6.45, 7) is 0.956. The number of hydrogen-bond donors (Lipinski definition) is 1. The number of aromatic nitrogens is 1. The molecule has 1 aromatic heterocycles. The van der Waals surface area contributed by atoms with Crippen LogP contribution in [0.15, 0.2) is 46.9 Å². The maximum absolute atomic E-state index is 14.4. The van der Waals surface area contributed by atoms with Gasteiger partial charge < -0.3 is 9.52 Å². The molecule has 3 aromatic carbocycles. The lowest BCUT2D eigenvalue weighted by Crippen LogP contribution is -2.51. The van der Waals surface area contributed by atoms with Gasteiger partial charge in [-0.15, -0.1) is 0 Å². The molecule has 0 amide bonds. The minimum atomic E-state index is -0.793. The maximum Gasteiger partial charge on any atom is 0.309 e. The molecule has 1 atom stereocenters. The molecule has 0 spiro atoms. The van der Waals surface area contributed by atoms with Crippen LogP contribution in [0.2, 0.25) is 5.02 Å². The Morgan fingerprint density at radius 1 is 1.17 bits per heavy atom. The van der Waals surface area contributed by atoms with Gasteiger partial charge in [0, 0.05) is 36.3 Å². The summed E-state index contributed by atoms with van der Waals surface area (Å²) in [6, 6.07) is 12.5. The Morgan fingerprint density at radius 3 is 2.67 bits per heavy atom. The van der Waals surface area contributed by atoms with E-state index in [0.29, 0.717) is 47.3 Å². The van der Waals surface area contributed by atoms with Gasteiger partial charge in [-0.3, -0.25) is 9.69 Å². The summed E-state index contributed by atoms with van der Waals surface area (Å²) >= 11 is 6.64. The van der Waals surface area contributed by atoms with E-state index in [1.165, 1.54) is 6.07 Å². The number of nitriles is 1. The average Bonchev–Trinajstić information content (AvgIpc) is 3.41. The topological polar surface area (TPSA) is 90.4 Å². The van der Waals surface area contributed by atoms with Gasteiger partial charge in [0.2, 0.25) is 5.89 Å². The van der Waals surface area contributed by atoms with Gasteiger partial charge in [-0.1, -0.05) is 23.7 Å². The Kier molecular flexibility index (Phi) is 5.29. The van der Waals surface area contributed by atoms with Crippen molar-refractivity contribution in [3.63, 3.8) is 0 Å². The van der Waals surface area contributed by atoms with Gasteiger partial charge in [-0.25, -0.2) is 13.8 Å². The monoisotopic (exact) mass is 505 g/mol. The molecule has 1 saturated heterocycles. The van der Waals surface area contributed by atoms with Gasteiger partial charge in [0.25, 0.3) is 0 Å². The molecule has 2 aliphatic rings. The van der Waals surface area contributed by atoms with Crippen LogP contribution < -0.4 is 0 Å². The molecule has 0 unspecified atom stereocenters. The predicted octanol–water partition coefficient (Wildman–Crippen LogP) is 5.97. The first kappa shape index (κ1) is 22.7. The third kappa shape index (κ3) is 3.47. The predicted molar refractivity (Wildman–Crippen MR) is 128 cm³/mol. The van der Waals surface area contributed by atoms with Crippen LogP contribution in [0.3, 0.4) is 0 Å². The Bertz CT molecular complexity index is 1600. The van der Waals surface area contributed by atoms with E-state index >= 15 is 0 Å². The fourth-order valence-corrected chi connectivity index (χ4v) is 5.59. The maximum atomic E-state index is 14.4. The highest BCUT2D eigenvalue weighted by atomic mass is 35.5. The second-order valence-corrected chi connectivity index (χ2v) is 9.51. The van der Waals surface area contributed by atoms with E-state index in [1.54, 1.807) is 18.2 Å². The van der Waals surface area contributed by atoms with Crippen LogP contribution in [0, 0.1) is 28.9 Å². The first-order valence-corrected chi connectivity index (χ1v) is 11.8. The standard InChI is InChI=1S/C27H18ClF2N3O3/c28-24-17(16-5-4-14(29)8-21(16)30)2-1-3-18(24)26-32-22-9-19-15(20(10-31)25(22)36-26)6-7-23(19)33-11-13(12-33)27(34)35/h1-5,8-9,13,23H,6-7,11-12H2,(H,34,35)/t23-/m0/s1. The van der Waals surface area contributed by atoms with E-state index in [1.807, 2.05) is 6.07 Å². The van der Waals surface area contributed by atoms with Crippen molar-refractivity contribution in [3.8, 4) is 28.7 Å². The summed E-state index contributed by atoms with van der Waals surface area (Å²) in [5.74, 6) is -2.40. The number of carboxylic acids is 1. The van der Waals surface area contributed by atoms with Crippen LogP contribution >= 0.6 is 11.6 Å². The smallest absolute Gasteiger partial charge is 0.309 e. The van der Waals surface area contributed by atoms with E-state index in [2.05, 4.69) is 16.0 Å².